The Morgan fingerprint density at radius 3 is 2.62 bits per heavy atom. The lowest BCUT2D eigenvalue weighted by Gasteiger charge is -2.11. The molecule has 0 unspecified atom stereocenters. The Morgan fingerprint density at radius 2 is 2.00 bits per heavy atom. The first-order valence-electron chi connectivity index (χ1n) is 7.95. The van der Waals surface area contributed by atoms with Gasteiger partial charge in [0.05, 0.1) is 18.0 Å². The number of halogens is 3. The van der Waals surface area contributed by atoms with Crippen molar-refractivity contribution in [3.63, 3.8) is 0 Å². The van der Waals surface area contributed by atoms with Crippen LogP contribution in [0.2, 0.25) is 0 Å². The van der Waals surface area contributed by atoms with Gasteiger partial charge in [-0.1, -0.05) is 0 Å². The Labute approximate surface area is 138 Å². The fourth-order valence-corrected chi connectivity index (χ4v) is 3.14. The Bertz CT molecular complexity index is 684. The summed E-state index contributed by atoms with van der Waals surface area (Å²) in [5.74, 6) is -1.30. The van der Waals surface area contributed by atoms with Gasteiger partial charge in [-0.15, -0.1) is 0 Å². The monoisotopic (exact) mass is 339 g/mol. The van der Waals surface area contributed by atoms with Gasteiger partial charge in [-0.25, -0.2) is 13.2 Å². The van der Waals surface area contributed by atoms with Crippen LogP contribution in [0.25, 0.3) is 11.3 Å². The summed E-state index contributed by atoms with van der Waals surface area (Å²) >= 11 is 0. The van der Waals surface area contributed by atoms with Crippen LogP contribution in [-0.2, 0) is 17.9 Å². The number of H-pyrrole nitrogens is 1. The third kappa shape index (κ3) is 3.79. The highest BCUT2D eigenvalue weighted by molar-refractivity contribution is 5.64. The Balaban J connectivity index is 1.81. The van der Waals surface area contributed by atoms with E-state index in [4.69, 9.17) is 4.74 Å². The standard InChI is InChI=1S/C17H20F3N3O/c1-24-9-15-16(8-21-14-3-2-11(18)7-14)22-23-17(15)10-4-12(19)6-13(20)5-10/h4-6,11,14,21H,2-3,7-9H2,1H3,(H,22,23)/t11-,14+/m1/s1. The number of hydrogen-bond acceptors (Lipinski definition) is 3. The molecule has 1 aromatic carbocycles. The molecule has 1 heterocycles. The van der Waals surface area contributed by atoms with Gasteiger partial charge in [0.15, 0.2) is 0 Å². The normalized spacial score (nSPS) is 20.7. The highest BCUT2D eigenvalue weighted by atomic mass is 19.1. The first kappa shape index (κ1) is 17.0. The van der Waals surface area contributed by atoms with Crippen LogP contribution in [0.4, 0.5) is 13.2 Å². The molecule has 24 heavy (non-hydrogen) atoms. The smallest absolute Gasteiger partial charge is 0.126 e. The molecule has 0 amide bonds. The van der Waals surface area contributed by atoms with Gasteiger partial charge in [-0.3, -0.25) is 5.10 Å². The number of aromatic amines is 1. The summed E-state index contributed by atoms with van der Waals surface area (Å²) in [6.07, 6.45) is 1.14. The van der Waals surface area contributed by atoms with Crippen molar-refractivity contribution in [1.29, 1.82) is 0 Å². The SMILES string of the molecule is COCc1c(CN[C@H]2CC[C@@H](F)C2)n[nH]c1-c1cc(F)cc(F)c1. The van der Waals surface area contributed by atoms with Gasteiger partial charge in [-0.2, -0.15) is 5.10 Å². The van der Waals surface area contributed by atoms with Crippen molar-refractivity contribution < 1.29 is 17.9 Å². The fraction of sp³-hybridized carbons (Fsp3) is 0.471. The van der Waals surface area contributed by atoms with Crippen molar-refractivity contribution in [3.05, 3.63) is 41.1 Å². The molecular formula is C17H20F3N3O. The van der Waals surface area contributed by atoms with E-state index in [0.29, 0.717) is 36.3 Å². The summed E-state index contributed by atoms with van der Waals surface area (Å²) in [4.78, 5) is 0. The van der Waals surface area contributed by atoms with Gasteiger partial charge < -0.3 is 10.1 Å². The van der Waals surface area contributed by atoms with Gasteiger partial charge in [0.25, 0.3) is 0 Å². The van der Waals surface area contributed by atoms with Gasteiger partial charge in [0, 0.05) is 36.9 Å². The van der Waals surface area contributed by atoms with E-state index in [0.717, 1.165) is 18.1 Å². The predicted octanol–water partition coefficient (Wildman–Crippen LogP) is 3.48. The molecule has 2 atom stereocenters. The summed E-state index contributed by atoms with van der Waals surface area (Å²) in [5.41, 5.74) is 2.36. The molecular weight excluding hydrogens is 319 g/mol. The van der Waals surface area contributed by atoms with Crippen molar-refractivity contribution in [2.75, 3.05) is 7.11 Å². The third-order valence-corrected chi connectivity index (χ3v) is 4.32. The average molecular weight is 339 g/mol. The van der Waals surface area contributed by atoms with Crippen LogP contribution >= 0.6 is 0 Å². The number of benzene rings is 1. The van der Waals surface area contributed by atoms with Crippen LogP contribution in [0.1, 0.15) is 30.5 Å². The minimum Gasteiger partial charge on any atom is -0.380 e. The van der Waals surface area contributed by atoms with E-state index in [9.17, 15) is 13.2 Å². The number of ether oxygens (including phenoxy) is 1. The number of aromatic nitrogens is 2. The second kappa shape index (κ2) is 7.36. The molecule has 1 saturated carbocycles. The zero-order chi connectivity index (χ0) is 17.1. The van der Waals surface area contributed by atoms with E-state index in [2.05, 4.69) is 15.5 Å². The third-order valence-electron chi connectivity index (χ3n) is 4.32. The molecule has 0 radical (unpaired) electrons. The van der Waals surface area contributed by atoms with Crippen molar-refractivity contribution in [3.8, 4) is 11.3 Å². The van der Waals surface area contributed by atoms with Crippen molar-refractivity contribution in [2.45, 2.75) is 44.6 Å². The quantitative estimate of drug-likeness (QED) is 0.847. The summed E-state index contributed by atoms with van der Waals surface area (Å²) < 4.78 is 45.4. The lowest BCUT2D eigenvalue weighted by Crippen LogP contribution is -2.26. The minimum atomic E-state index is -0.744. The highest BCUT2D eigenvalue weighted by Crippen LogP contribution is 2.27. The molecule has 1 aliphatic rings. The van der Waals surface area contributed by atoms with Crippen LogP contribution in [0.15, 0.2) is 18.2 Å². The number of methoxy groups -OCH3 is 1. The molecule has 0 spiro atoms. The maximum Gasteiger partial charge on any atom is 0.126 e. The zero-order valence-electron chi connectivity index (χ0n) is 13.4. The van der Waals surface area contributed by atoms with Gasteiger partial charge in [-0.05, 0) is 31.4 Å². The molecule has 3 rings (SSSR count). The summed E-state index contributed by atoms with van der Waals surface area (Å²) in [6.45, 7) is 0.710. The Hall–Kier alpha value is -1.86. The summed E-state index contributed by atoms with van der Waals surface area (Å²) in [5, 5.41) is 10.4. The average Bonchev–Trinajstić information content (AvgIpc) is 3.11. The molecule has 0 bridgehead atoms. The second-order valence-electron chi connectivity index (χ2n) is 6.10. The maximum absolute atomic E-state index is 13.5. The summed E-state index contributed by atoms with van der Waals surface area (Å²) in [6, 6.07) is 3.45. The minimum absolute atomic E-state index is 0.127. The molecule has 130 valence electrons. The number of rotatable bonds is 6. The topological polar surface area (TPSA) is 49.9 Å². The van der Waals surface area contributed by atoms with Crippen molar-refractivity contribution in [2.24, 2.45) is 0 Å². The Morgan fingerprint density at radius 1 is 1.25 bits per heavy atom. The van der Waals surface area contributed by atoms with E-state index in [1.54, 1.807) is 7.11 Å². The molecule has 7 heteroatoms. The molecule has 1 aromatic heterocycles. The van der Waals surface area contributed by atoms with Crippen LogP contribution in [0.3, 0.4) is 0 Å². The number of alkyl halides is 1. The maximum atomic E-state index is 13.5. The van der Waals surface area contributed by atoms with E-state index in [1.165, 1.54) is 12.1 Å². The number of nitrogens with one attached hydrogen (secondary N) is 2. The van der Waals surface area contributed by atoms with E-state index >= 15 is 0 Å². The van der Waals surface area contributed by atoms with Gasteiger partial charge >= 0.3 is 0 Å². The van der Waals surface area contributed by atoms with Gasteiger partial charge in [0.2, 0.25) is 0 Å². The fourth-order valence-electron chi connectivity index (χ4n) is 3.14. The summed E-state index contributed by atoms with van der Waals surface area (Å²) in [7, 11) is 1.55. The molecule has 4 nitrogen and oxygen atoms in total. The van der Waals surface area contributed by atoms with Crippen molar-refractivity contribution in [1.82, 2.24) is 15.5 Å². The zero-order valence-corrected chi connectivity index (χ0v) is 13.4. The van der Waals surface area contributed by atoms with E-state index < -0.39 is 17.8 Å². The van der Waals surface area contributed by atoms with Crippen LogP contribution in [0.5, 0.6) is 0 Å². The largest absolute Gasteiger partial charge is 0.380 e. The van der Waals surface area contributed by atoms with E-state index in [1.807, 2.05) is 0 Å². The predicted molar refractivity (Wildman–Crippen MR) is 84.0 cm³/mol. The molecule has 0 aliphatic heterocycles. The molecule has 1 aliphatic carbocycles. The first-order valence-corrected chi connectivity index (χ1v) is 7.95. The Kier molecular flexibility index (Phi) is 5.20. The van der Waals surface area contributed by atoms with Crippen LogP contribution in [-0.4, -0.2) is 29.5 Å². The van der Waals surface area contributed by atoms with E-state index in [-0.39, 0.29) is 12.6 Å². The molecule has 0 saturated heterocycles. The van der Waals surface area contributed by atoms with Crippen LogP contribution in [0, 0.1) is 11.6 Å². The van der Waals surface area contributed by atoms with Crippen LogP contribution < -0.4 is 5.32 Å². The lowest BCUT2D eigenvalue weighted by molar-refractivity contribution is 0.184. The second-order valence-corrected chi connectivity index (χ2v) is 6.10. The lowest BCUT2D eigenvalue weighted by atomic mass is 10.1. The number of nitrogens with zero attached hydrogens (tertiary/aromatic N) is 1. The molecule has 2 N–H and O–H groups in total. The molecule has 2 aromatic rings. The van der Waals surface area contributed by atoms with Crippen molar-refractivity contribution >= 4 is 0 Å². The first-order chi connectivity index (χ1) is 11.6. The number of hydrogen-bond donors (Lipinski definition) is 2. The molecule has 1 fully saturated rings. The van der Waals surface area contributed by atoms with Gasteiger partial charge in [0.1, 0.15) is 17.8 Å². The highest BCUT2D eigenvalue weighted by Gasteiger charge is 2.24.